The minimum Gasteiger partial charge on any atom is -0.370 e. The number of pyridine rings is 1. The average molecular weight is 562 g/mol. The molecule has 176 valence electrons. The summed E-state index contributed by atoms with van der Waals surface area (Å²) in [6.45, 7) is 9.95. The van der Waals surface area contributed by atoms with Crippen LogP contribution in [-0.4, -0.2) is 58.8 Å². The van der Waals surface area contributed by atoms with Crippen LogP contribution < -0.4 is 5.32 Å². The number of hydrogen-bond donors (Lipinski definition) is 1. The molecule has 4 rings (SSSR count). The number of nitrogens with zero attached hydrogens (tertiary/aromatic N) is 5. The Labute approximate surface area is 211 Å². The largest absolute Gasteiger partial charge is 0.370 e. The van der Waals surface area contributed by atoms with Crippen LogP contribution in [0.1, 0.15) is 35.5 Å². The van der Waals surface area contributed by atoms with Crippen LogP contribution in [0.3, 0.4) is 0 Å². The van der Waals surface area contributed by atoms with Crippen LogP contribution in [0, 0.1) is 13.8 Å². The summed E-state index contributed by atoms with van der Waals surface area (Å²) in [7, 11) is 0. The Bertz CT molecular complexity index is 1060. The highest BCUT2D eigenvalue weighted by Gasteiger charge is 2.25. The van der Waals surface area contributed by atoms with Gasteiger partial charge in [0.25, 0.3) is 5.89 Å². The minimum absolute atomic E-state index is 0. The van der Waals surface area contributed by atoms with Crippen molar-refractivity contribution in [2.75, 3.05) is 32.8 Å². The van der Waals surface area contributed by atoms with E-state index in [-0.39, 0.29) is 30.1 Å². The zero-order chi connectivity index (χ0) is 22.3. The first-order chi connectivity index (χ1) is 15.6. The molecule has 0 saturated carbocycles. The van der Waals surface area contributed by atoms with E-state index in [1.54, 1.807) is 6.20 Å². The Morgan fingerprint density at radius 2 is 2.12 bits per heavy atom. The molecule has 8 nitrogen and oxygen atoms in total. The molecular weight excluding hydrogens is 531 g/mol. The standard InChI is InChI=1S/C24H30N6O2.HI/c1-4-25-24(27-12-10-22-28-23(32-29-22)20-7-5-6-11-26-20)30-13-14-31-21(16-30)19-9-8-17(2)15-18(19)3;/h5-9,11,15,21H,4,10,12-14,16H2,1-3H3,(H,25,27);1H. The van der Waals surface area contributed by atoms with Gasteiger partial charge < -0.3 is 19.5 Å². The summed E-state index contributed by atoms with van der Waals surface area (Å²) < 4.78 is 11.4. The number of rotatable bonds is 6. The molecule has 0 spiro atoms. The monoisotopic (exact) mass is 562 g/mol. The van der Waals surface area contributed by atoms with Gasteiger partial charge in [0.1, 0.15) is 11.8 Å². The fourth-order valence-electron chi connectivity index (χ4n) is 3.85. The SMILES string of the molecule is CCNC(=NCCc1noc(-c2ccccn2)n1)N1CCOC(c2ccc(C)cc2C)C1.I. The van der Waals surface area contributed by atoms with Crippen LogP contribution in [0.15, 0.2) is 52.1 Å². The van der Waals surface area contributed by atoms with Gasteiger partial charge in [0.05, 0.1) is 13.2 Å². The molecule has 1 aliphatic heterocycles. The van der Waals surface area contributed by atoms with Crippen molar-refractivity contribution in [3.05, 3.63) is 65.1 Å². The van der Waals surface area contributed by atoms with E-state index in [0.717, 1.165) is 25.6 Å². The maximum absolute atomic E-state index is 6.10. The van der Waals surface area contributed by atoms with Gasteiger partial charge in [-0.05, 0) is 44.0 Å². The second-order valence-corrected chi connectivity index (χ2v) is 7.88. The molecule has 33 heavy (non-hydrogen) atoms. The summed E-state index contributed by atoms with van der Waals surface area (Å²) in [5.41, 5.74) is 4.44. The van der Waals surface area contributed by atoms with Crippen molar-refractivity contribution in [1.29, 1.82) is 0 Å². The highest BCUT2D eigenvalue weighted by molar-refractivity contribution is 14.0. The normalized spacial score (nSPS) is 16.4. The number of nitrogens with one attached hydrogen (secondary N) is 1. The molecule has 1 atom stereocenters. The number of aliphatic imine (C=N–C) groups is 1. The molecule has 1 fully saturated rings. The molecule has 9 heteroatoms. The average Bonchev–Trinajstić information content (AvgIpc) is 3.28. The van der Waals surface area contributed by atoms with Crippen molar-refractivity contribution in [2.24, 2.45) is 4.99 Å². The number of benzene rings is 1. The van der Waals surface area contributed by atoms with Gasteiger partial charge in [-0.3, -0.25) is 9.98 Å². The van der Waals surface area contributed by atoms with Gasteiger partial charge in [-0.25, -0.2) is 0 Å². The van der Waals surface area contributed by atoms with Crippen LogP contribution in [0.25, 0.3) is 11.6 Å². The summed E-state index contributed by atoms with van der Waals surface area (Å²) in [6.07, 6.45) is 2.34. The molecule has 1 aromatic carbocycles. The number of hydrogen-bond acceptors (Lipinski definition) is 6. The van der Waals surface area contributed by atoms with E-state index in [2.05, 4.69) is 64.3 Å². The number of halogens is 1. The molecule has 0 bridgehead atoms. The maximum Gasteiger partial charge on any atom is 0.276 e. The lowest BCUT2D eigenvalue weighted by Gasteiger charge is -2.36. The highest BCUT2D eigenvalue weighted by Crippen LogP contribution is 2.26. The summed E-state index contributed by atoms with van der Waals surface area (Å²) in [5.74, 6) is 1.94. The molecule has 1 unspecified atom stereocenters. The minimum atomic E-state index is 0. The van der Waals surface area contributed by atoms with Crippen LogP contribution >= 0.6 is 24.0 Å². The number of morpholine rings is 1. The van der Waals surface area contributed by atoms with Crippen molar-refractivity contribution in [2.45, 2.75) is 33.3 Å². The van der Waals surface area contributed by atoms with Gasteiger partial charge in [0.15, 0.2) is 11.8 Å². The van der Waals surface area contributed by atoms with Crippen LogP contribution in [0.4, 0.5) is 0 Å². The molecule has 3 heterocycles. The van der Waals surface area contributed by atoms with E-state index in [4.69, 9.17) is 14.3 Å². The molecule has 1 N–H and O–H groups in total. The summed E-state index contributed by atoms with van der Waals surface area (Å²) >= 11 is 0. The van der Waals surface area contributed by atoms with Gasteiger partial charge in [0, 0.05) is 32.3 Å². The Morgan fingerprint density at radius 3 is 2.88 bits per heavy atom. The zero-order valence-corrected chi connectivity index (χ0v) is 21.7. The predicted octanol–water partition coefficient (Wildman–Crippen LogP) is 3.95. The van der Waals surface area contributed by atoms with Gasteiger partial charge in [-0.2, -0.15) is 4.98 Å². The quantitative estimate of drug-likeness (QED) is 0.277. The van der Waals surface area contributed by atoms with Crippen molar-refractivity contribution in [1.82, 2.24) is 25.3 Å². The molecule has 0 aliphatic carbocycles. The lowest BCUT2D eigenvalue weighted by Crippen LogP contribution is -2.48. The third-order valence-electron chi connectivity index (χ3n) is 5.42. The van der Waals surface area contributed by atoms with Crippen molar-refractivity contribution >= 4 is 29.9 Å². The third kappa shape index (κ3) is 6.50. The lowest BCUT2D eigenvalue weighted by molar-refractivity contribution is -0.00833. The Morgan fingerprint density at radius 1 is 1.24 bits per heavy atom. The van der Waals surface area contributed by atoms with E-state index in [0.29, 0.717) is 37.0 Å². The summed E-state index contributed by atoms with van der Waals surface area (Å²) in [5, 5.41) is 7.48. The third-order valence-corrected chi connectivity index (χ3v) is 5.42. The first kappa shape index (κ1) is 25.1. The summed E-state index contributed by atoms with van der Waals surface area (Å²) in [4.78, 5) is 15.8. The number of ether oxygens (including phenoxy) is 1. The van der Waals surface area contributed by atoms with E-state index in [1.807, 2.05) is 18.2 Å². The predicted molar refractivity (Wildman–Crippen MR) is 139 cm³/mol. The molecule has 1 aliphatic rings. The number of guanidine groups is 1. The molecular formula is C24H31IN6O2. The zero-order valence-electron chi connectivity index (χ0n) is 19.3. The lowest BCUT2D eigenvalue weighted by atomic mass is 10.00. The molecule has 0 amide bonds. The molecule has 3 aromatic rings. The molecule has 0 radical (unpaired) electrons. The Balaban J connectivity index is 0.00000306. The molecule has 2 aromatic heterocycles. The van der Waals surface area contributed by atoms with E-state index < -0.39 is 0 Å². The van der Waals surface area contributed by atoms with Gasteiger partial charge in [0.2, 0.25) is 0 Å². The second kappa shape index (κ2) is 12.1. The fraction of sp³-hybridized carbons (Fsp3) is 0.417. The van der Waals surface area contributed by atoms with Crippen LogP contribution in [-0.2, 0) is 11.2 Å². The number of aryl methyl sites for hydroxylation is 2. The van der Waals surface area contributed by atoms with E-state index in [1.165, 1.54) is 16.7 Å². The maximum atomic E-state index is 6.10. The van der Waals surface area contributed by atoms with Gasteiger partial charge in [-0.1, -0.05) is 35.0 Å². The first-order valence-electron chi connectivity index (χ1n) is 11.1. The van der Waals surface area contributed by atoms with E-state index >= 15 is 0 Å². The van der Waals surface area contributed by atoms with Crippen molar-refractivity contribution in [3.8, 4) is 11.6 Å². The van der Waals surface area contributed by atoms with Crippen LogP contribution in [0.2, 0.25) is 0 Å². The molecule has 1 saturated heterocycles. The van der Waals surface area contributed by atoms with Gasteiger partial charge >= 0.3 is 0 Å². The smallest absolute Gasteiger partial charge is 0.276 e. The Kier molecular flexibility index (Phi) is 9.19. The highest BCUT2D eigenvalue weighted by atomic mass is 127. The van der Waals surface area contributed by atoms with Crippen molar-refractivity contribution < 1.29 is 9.26 Å². The fourth-order valence-corrected chi connectivity index (χ4v) is 3.85. The van der Waals surface area contributed by atoms with Crippen molar-refractivity contribution in [3.63, 3.8) is 0 Å². The topological polar surface area (TPSA) is 88.7 Å². The van der Waals surface area contributed by atoms with Crippen LogP contribution in [0.5, 0.6) is 0 Å². The first-order valence-corrected chi connectivity index (χ1v) is 11.1. The second-order valence-electron chi connectivity index (χ2n) is 7.88. The summed E-state index contributed by atoms with van der Waals surface area (Å²) in [6, 6.07) is 12.1. The van der Waals surface area contributed by atoms with Gasteiger partial charge in [-0.15, -0.1) is 24.0 Å². The van der Waals surface area contributed by atoms with E-state index in [9.17, 15) is 0 Å². The number of aromatic nitrogens is 3. The Hall–Kier alpha value is -2.53.